The zero-order valence-electron chi connectivity index (χ0n) is 16.2. The Hall–Kier alpha value is -1.05. The maximum absolute atomic E-state index is 11.3. The van der Waals surface area contributed by atoms with Gasteiger partial charge in [-0.2, -0.15) is 0 Å². The van der Waals surface area contributed by atoms with E-state index in [0.29, 0.717) is 6.61 Å². The summed E-state index contributed by atoms with van der Waals surface area (Å²) >= 11 is 0. The molecule has 0 heterocycles. The van der Waals surface area contributed by atoms with E-state index in [2.05, 4.69) is 6.92 Å². The van der Waals surface area contributed by atoms with Crippen LogP contribution in [0.4, 0.5) is 0 Å². The monoisotopic (exact) mass is 336 g/mol. The fourth-order valence-electron chi connectivity index (χ4n) is 2.76. The van der Waals surface area contributed by atoms with Crippen LogP contribution >= 0.6 is 0 Å². The van der Waals surface area contributed by atoms with Crippen molar-refractivity contribution in [3.8, 4) is 0 Å². The number of carbonyl (C=O) groups is 1. The molecule has 0 spiro atoms. The molecule has 2 heteroatoms. The molecule has 0 aromatic rings. The van der Waals surface area contributed by atoms with Crippen molar-refractivity contribution in [1.82, 2.24) is 0 Å². The molecular weight excluding hydrogens is 296 g/mol. The fourth-order valence-corrected chi connectivity index (χ4v) is 2.76. The average Bonchev–Trinajstić information content (AvgIpc) is 2.58. The topological polar surface area (TPSA) is 26.3 Å². The molecule has 0 aliphatic carbocycles. The first-order valence-electron chi connectivity index (χ1n) is 10.3. The molecule has 0 aromatic carbocycles. The molecule has 0 amide bonds. The molecule has 0 aromatic heterocycles. The molecule has 0 aliphatic rings. The first kappa shape index (κ1) is 22.9. The van der Waals surface area contributed by atoms with Gasteiger partial charge in [0.2, 0.25) is 0 Å². The van der Waals surface area contributed by atoms with Gasteiger partial charge in [0.05, 0.1) is 6.61 Å². The number of allylic oxidation sites excluding steroid dienone is 3. The first-order valence-corrected chi connectivity index (χ1v) is 10.3. The van der Waals surface area contributed by atoms with Gasteiger partial charge >= 0.3 is 5.97 Å². The minimum atomic E-state index is -0.234. The molecule has 0 atom stereocenters. The van der Waals surface area contributed by atoms with Crippen LogP contribution in [0.25, 0.3) is 0 Å². The lowest BCUT2D eigenvalue weighted by Crippen LogP contribution is -2.02. The van der Waals surface area contributed by atoms with E-state index in [1.165, 1.54) is 89.5 Å². The maximum Gasteiger partial charge on any atom is 0.330 e. The highest BCUT2D eigenvalue weighted by molar-refractivity contribution is 5.82. The Morgan fingerprint density at radius 2 is 1.17 bits per heavy atom. The van der Waals surface area contributed by atoms with E-state index >= 15 is 0 Å². The second kappa shape index (κ2) is 20.0. The Labute approximate surface area is 150 Å². The highest BCUT2D eigenvalue weighted by Crippen LogP contribution is 2.12. The Kier molecular flexibility index (Phi) is 19.1. The van der Waals surface area contributed by atoms with Crippen molar-refractivity contribution in [1.29, 1.82) is 0 Å². The first-order chi connectivity index (χ1) is 11.8. The van der Waals surface area contributed by atoms with Crippen molar-refractivity contribution in [2.45, 2.75) is 104 Å². The molecule has 24 heavy (non-hydrogen) atoms. The smallest absolute Gasteiger partial charge is 0.330 e. The number of ether oxygens (including phenoxy) is 1. The van der Waals surface area contributed by atoms with Crippen LogP contribution in [-0.2, 0) is 9.53 Å². The minimum absolute atomic E-state index is 0.234. The number of carbonyl (C=O) groups excluding carboxylic acids is 1. The van der Waals surface area contributed by atoms with Gasteiger partial charge in [-0.3, -0.25) is 0 Å². The third-order valence-electron chi connectivity index (χ3n) is 4.28. The van der Waals surface area contributed by atoms with Gasteiger partial charge in [-0.15, -0.1) is 0 Å². The summed E-state index contributed by atoms with van der Waals surface area (Å²) in [5, 5.41) is 0. The van der Waals surface area contributed by atoms with Crippen molar-refractivity contribution in [2.24, 2.45) is 0 Å². The molecule has 0 bridgehead atoms. The average molecular weight is 337 g/mol. The molecule has 0 aliphatic heterocycles. The Morgan fingerprint density at radius 1 is 0.708 bits per heavy atom. The van der Waals surface area contributed by atoms with Crippen LogP contribution in [0, 0.1) is 0 Å². The van der Waals surface area contributed by atoms with Gasteiger partial charge in [-0.25, -0.2) is 4.79 Å². The van der Waals surface area contributed by atoms with Gasteiger partial charge in [0.25, 0.3) is 0 Å². The van der Waals surface area contributed by atoms with Gasteiger partial charge in [-0.1, -0.05) is 109 Å². The summed E-state index contributed by atoms with van der Waals surface area (Å²) in [5.41, 5.74) is 0. The Bertz CT molecular complexity index is 318. The fraction of sp³-hybridized carbons (Fsp3) is 0.773. The molecular formula is C22H40O2. The number of esters is 1. The molecule has 2 nitrogen and oxygen atoms in total. The normalized spacial score (nSPS) is 11.6. The van der Waals surface area contributed by atoms with Gasteiger partial charge in [0, 0.05) is 6.08 Å². The predicted octanol–water partition coefficient (Wildman–Crippen LogP) is 7.14. The summed E-state index contributed by atoms with van der Waals surface area (Å²) in [4.78, 5) is 11.3. The van der Waals surface area contributed by atoms with E-state index in [-0.39, 0.29) is 5.97 Å². The van der Waals surface area contributed by atoms with E-state index < -0.39 is 0 Å². The zero-order valence-corrected chi connectivity index (χ0v) is 16.2. The lowest BCUT2D eigenvalue weighted by Gasteiger charge is -2.04. The van der Waals surface area contributed by atoms with Crippen LogP contribution in [0.3, 0.4) is 0 Å². The minimum Gasteiger partial charge on any atom is -0.463 e. The van der Waals surface area contributed by atoms with E-state index in [4.69, 9.17) is 4.74 Å². The van der Waals surface area contributed by atoms with E-state index in [1.807, 2.05) is 19.1 Å². The van der Waals surface area contributed by atoms with Crippen LogP contribution in [-0.4, -0.2) is 12.6 Å². The standard InChI is InChI=1S/C22H40O2/c1-3-5-7-8-9-10-11-12-13-14-15-16-17-19-21-24-22(23)20-18-6-4-2/h4,6,18,20H,3,5,7-17,19,21H2,1-2H3. The lowest BCUT2D eigenvalue weighted by atomic mass is 10.0. The van der Waals surface area contributed by atoms with Gasteiger partial charge in [-0.05, 0) is 13.3 Å². The number of hydrogen-bond acceptors (Lipinski definition) is 2. The Morgan fingerprint density at radius 3 is 1.62 bits per heavy atom. The van der Waals surface area contributed by atoms with Gasteiger partial charge in [0.15, 0.2) is 0 Å². The van der Waals surface area contributed by atoms with E-state index in [1.54, 1.807) is 6.08 Å². The van der Waals surface area contributed by atoms with Crippen molar-refractivity contribution < 1.29 is 9.53 Å². The van der Waals surface area contributed by atoms with E-state index in [0.717, 1.165) is 6.42 Å². The molecule has 0 saturated heterocycles. The van der Waals surface area contributed by atoms with Crippen molar-refractivity contribution >= 4 is 5.97 Å². The molecule has 0 N–H and O–H groups in total. The SMILES string of the molecule is CC=CC=CC(=O)OCCCCCCCCCCCCCCCC. The Balaban J connectivity index is 3.14. The van der Waals surface area contributed by atoms with Gasteiger partial charge in [0.1, 0.15) is 0 Å². The van der Waals surface area contributed by atoms with Crippen LogP contribution in [0.15, 0.2) is 24.3 Å². The third-order valence-corrected chi connectivity index (χ3v) is 4.28. The summed E-state index contributed by atoms with van der Waals surface area (Å²) in [7, 11) is 0. The third kappa shape index (κ3) is 19.0. The summed E-state index contributed by atoms with van der Waals surface area (Å²) < 4.78 is 5.14. The lowest BCUT2D eigenvalue weighted by molar-refractivity contribution is -0.137. The van der Waals surface area contributed by atoms with Crippen LogP contribution < -0.4 is 0 Å². The second-order valence-electron chi connectivity index (χ2n) is 6.65. The van der Waals surface area contributed by atoms with Crippen LogP contribution in [0.2, 0.25) is 0 Å². The summed E-state index contributed by atoms with van der Waals surface area (Å²) in [5.74, 6) is -0.234. The van der Waals surface area contributed by atoms with Crippen molar-refractivity contribution in [2.75, 3.05) is 6.61 Å². The molecule has 0 radical (unpaired) electrons. The highest BCUT2D eigenvalue weighted by Gasteiger charge is 1.97. The summed E-state index contributed by atoms with van der Waals surface area (Å²) in [6.07, 6.45) is 25.7. The molecule has 0 saturated carbocycles. The van der Waals surface area contributed by atoms with Crippen molar-refractivity contribution in [3.05, 3.63) is 24.3 Å². The maximum atomic E-state index is 11.3. The second-order valence-corrected chi connectivity index (χ2v) is 6.65. The largest absolute Gasteiger partial charge is 0.463 e. The zero-order chi connectivity index (χ0) is 17.7. The highest BCUT2D eigenvalue weighted by atomic mass is 16.5. The number of hydrogen-bond donors (Lipinski definition) is 0. The number of unbranched alkanes of at least 4 members (excludes halogenated alkanes) is 13. The van der Waals surface area contributed by atoms with Gasteiger partial charge < -0.3 is 4.74 Å². The van der Waals surface area contributed by atoms with Crippen molar-refractivity contribution in [3.63, 3.8) is 0 Å². The quantitative estimate of drug-likeness (QED) is 0.122. The number of rotatable bonds is 17. The summed E-state index contributed by atoms with van der Waals surface area (Å²) in [6.45, 7) is 4.75. The van der Waals surface area contributed by atoms with E-state index in [9.17, 15) is 4.79 Å². The van der Waals surface area contributed by atoms with Crippen LogP contribution in [0.5, 0.6) is 0 Å². The van der Waals surface area contributed by atoms with Crippen LogP contribution in [0.1, 0.15) is 104 Å². The summed E-state index contributed by atoms with van der Waals surface area (Å²) in [6, 6.07) is 0. The molecule has 0 rings (SSSR count). The molecule has 0 unspecified atom stereocenters. The molecule has 0 fully saturated rings. The molecule has 140 valence electrons. The predicted molar refractivity (Wildman–Crippen MR) is 105 cm³/mol.